The first kappa shape index (κ1) is 15.9. The van der Waals surface area contributed by atoms with Crippen LogP contribution in [0, 0.1) is 0 Å². The van der Waals surface area contributed by atoms with Crippen LogP contribution in [0.3, 0.4) is 0 Å². The van der Waals surface area contributed by atoms with E-state index in [-0.39, 0.29) is 0 Å². The van der Waals surface area contributed by atoms with E-state index in [9.17, 15) is 5.11 Å². The van der Waals surface area contributed by atoms with Crippen LogP contribution in [0.2, 0.25) is 4.34 Å². The fourth-order valence-electron chi connectivity index (χ4n) is 3.05. The van der Waals surface area contributed by atoms with E-state index in [2.05, 4.69) is 14.5 Å². The maximum atomic E-state index is 10.4. The standard InChI is InChI=1S/C15H20ClN3O2S/c16-15-12(17-18-22-15)10-19-7-3-1-2-5-11(19)9-13(20)14-6-4-8-21-14/h4,6,8,11,13,20H,1-3,5,7,9-10H2/t11-,13+/m1/s1. The lowest BCUT2D eigenvalue weighted by atomic mass is 10.0. The third-order valence-corrected chi connectivity index (χ3v) is 5.21. The molecule has 1 N–H and O–H groups in total. The van der Waals surface area contributed by atoms with E-state index in [0.717, 1.165) is 18.7 Å². The van der Waals surface area contributed by atoms with Crippen molar-refractivity contribution in [1.29, 1.82) is 0 Å². The molecule has 2 aromatic heterocycles. The summed E-state index contributed by atoms with van der Waals surface area (Å²) in [5.41, 5.74) is 0.839. The molecule has 0 aliphatic carbocycles. The molecular formula is C15H20ClN3O2S. The molecule has 7 heteroatoms. The molecule has 2 aromatic rings. The van der Waals surface area contributed by atoms with Crippen molar-refractivity contribution in [1.82, 2.24) is 14.5 Å². The molecular weight excluding hydrogens is 322 g/mol. The molecule has 0 spiro atoms. The first-order valence-electron chi connectivity index (χ1n) is 7.66. The molecule has 0 saturated carbocycles. The summed E-state index contributed by atoms with van der Waals surface area (Å²) in [4.78, 5) is 2.38. The van der Waals surface area contributed by atoms with Gasteiger partial charge in [-0.25, -0.2) is 0 Å². The summed E-state index contributed by atoms with van der Waals surface area (Å²) in [6.45, 7) is 1.70. The van der Waals surface area contributed by atoms with Gasteiger partial charge in [0.25, 0.3) is 0 Å². The van der Waals surface area contributed by atoms with Crippen molar-refractivity contribution in [3.8, 4) is 0 Å². The van der Waals surface area contributed by atoms with Crippen molar-refractivity contribution in [3.63, 3.8) is 0 Å². The van der Waals surface area contributed by atoms with Gasteiger partial charge in [-0.3, -0.25) is 4.90 Å². The molecule has 0 aromatic carbocycles. The highest BCUT2D eigenvalue weighted by Crippen LogP contribution is 2.29. The zero-order valence-corrected chi connectivity index (χ0v) is 13.9. The van der Waals surface area contributed by atoms with Crippen LogP contribution in [0.1, 0.15) is 49.7 Å². The lowest BCUT2D eigenvalue weighted by Gasteiger charge is -2.30. The quantitative estimate of drug-likeness (QED) is 0.899. The molecule has 120 valence electrons. The number of aliphatic hydroxyl groups excluding tert-OH is 1. The molecule has 3 rings (SSSR count). The number of rotatable bonds is 5. The van der Waals surface area contributed by atoms with E-state index in [1.54, 1.807) is 6.26 Å². The Balaban J connectivity index is 1.69. The highest BCUT2D eigenvalue weighted by atomic mass is 35.5. The number of aliphatic hydroxyl groups is 1. The first-order valence-corrected chi connectivity index (χ1v) is 8.81. The van der Waals surface area contributed by atoms with Gasteiger partial charge in [0.15, 0.2) is 0 Å². The van der Waals surface area contributed by atoms with Crippen molar-refractivity contribution in [2.24, 2.45) is 0 Å². The van der Waals surface area contributed by atoms with Crippen molar-refractivity contribution >= 4 is 23.1 Å². The Hall–Kier alpha value is -0.950. The topological polar surface area (TPSA) is 62.4 Å². The Morgan fingerprint density at radius 2 is 2.36 bits per heavy atom. The smallest absolute Gasteiger partial charge is 0.138 e. The minimum Gasteiger partial charge on any atom is -0.467 e. The van der Waals surface area contributed by atoms with Crippen LogP contribution in [0.15, 0.2) is 22.8 Å². The lowest BCUT2D eigenvalue weighted by molar-refractivity contribution is 0.0825. The fourth-order valence-corrected chi connectivity index (χ4v) is 3.66. The van der Waals surface area contributed by atoms with Crippen molar-refractivity contribution < 1.29 is 9.52 Å². The van der Waals surface area contributed by atoms with E-state index in [1.165, 1.54) is 30.8 Å². The summed E-state index contributed by atoms with van der Waals surface area (Å²) in [5.74, 6) is 0.637. The summed E-state index contributed by atoms with van der Waals surface area (Å²) in [7, 11) is 0. The minimum absolute atomic E-state index is 0.306. The van der Waals surface area contributed by atoms with Gasteiger partial charge in [-0.15, -0.1) is 5.10 Å². The fraction of sp³-hybridized carbons (Fsp3) is 0.600. The van der Waals surface area contributed by atoms with Crippen molar-refractivity contribution in [2.75, 3.05) is 6.54 Å². The molecule has 0 bridgehead atoms. The highest BCUT2D eigenvalue weighted by Gasteiger charge is 2.26. The van der Waals surface area contributed by atoms with Gasteiger partial charge < -0.3 is 9.52 Å². The maximum Gasteiger partial charge on any atom is 0.138 e. The zero-order chi connectivity index (χ0) is 15.4. The molecule has 2 atom stereocenters. The molecule has 1 aliphatic heterocycles. The van der Waals surface area contributed by atoms with Crippen molar-refractivity contribution in [3.05, 3.63) is 34.2 Å². The van der Waals surface area contributed by atoms with Gasteiger partial charge >= 0.3 is 0 Å². The van der Waals surface area contributed by atoms with E-state index in [1.807, 2.05) is 12.1 Å². The zero-order valence-electron chi connectivity index (χ0n) is 12.3. The van der Waals surface area contributed by atoms with Crippen LogP contribution in [-0.4, -0.2) is 32.2 Å². The monoisotopic (exact) mass is 341 g/mol. The van der Waals surface area contributed by atoms with Crippen LogP contribution < -0.4 is 0 Å². The Labute approximate surface area is 139 Å². The SMILES string of the molecule is O[C@@H](C[C@H]1CCCCCN1Cc1nnsc1Cl)c1ccco1. The molecule has 3 heterocycles. The lowest BCUT2D eigenvalue weighted by Crippen LogP contribution is -2.35. The number of hydrogen-bond donors (Lipinski definition) is 1. The highest BCUT2D eigenvalue weighted by molar-refractivity contribution is 7.10. The predicted octanol–water partition coefficient (Wildman–Crippen LogP) is 3.65. The molecule has 1 saturated heterocycles. The van der Waals surface area contributed by atoms with E-state index in [4.69, 9.17) is 16.0 Å². The Kier molecular flexibility index (Phi) is 5.46. The van der Waals surface area contributed by atoms with Crippen LogP contribution in [0.4, 0.5) is 0 Å². The largest absolute Gasteiger partial charge is 0.467 e. The number of aromatic nitrogens is 2. The Bertz CT molecular complexity index is 575. The minimum atomic E-state index is -0.565. The van der Waals surface area contributed by atoms with E-state index < -0.39 is 6.10 Å². The summed E-state index contributed by atoms with van der Waals surface area (Å²) in [6.07, 6.45) is 6.37. The third kappa shape index (κ3) is 3.87. The summed E-state index contributed by atoms with van der Waals surface area (Å²) < 4.78 is 9.89. The number of nitrogens with zero attached hydrogens (tertiary/aromatic N) is 3. The predicted molar refractivity (Wildman–Crippen MR) is 85.9 cm³/mol. The average Bonchev–Trinajstić information content (AvgIpc) is 3.12. The summed E-state index contributed by atoms with van der Waals surface area (Å²) in [6, 6.07) is 3.94. The first-order chi connectivity index (χ1) is 10.7. The molecule has 1 aliphatic rings. The number of halogens is 1. The van der Waals surface area contributed by atoms with Gasteiger partial charge in [-0.1, -0.05) is 28.9 Å². The van der Waals surface area contributed by atoms with Gasteiger partial charge in [0.05, 0.1) is 6.26 Å². The number of likely N-dealkylation sites (tertiary alicyclic amines) is 1. The van der Waals surface area contributed by atoms with Gasteiger partial charge in [0.2, 0.25) is 0 Å². The second kappa shape index (κ2) is 7.55. The molecule has 0 amide bonds. The van der Waals surface area contributed by atoms with Crippen molar-refractivity contribution in [2.45, 2.75) is 50.8 Å². The number of hydrogen-bond acceptors (Lipinski definition) is 6. The second-order valence-corrected chi connectivity index (χ2v) is 7.09. The average molecular weight is 342 g/mol. The summed E-state index contributed by atoms with van der Waals surface area (Å²) >= 11 is 7.36. The van der Waals surface area contributed by atoms with Gasteiger partial charge in [0, 0.05) is 24.1 Å². The van der Waals surface area contributed by atoms with Crippen LogP contribution in [-0.2, 0) is 6.54 Å². The van der Waals surface area contributed by atoms with Crippen LogP contribution in [0.25, 0.3) is 0 Å². The van der Waals surface area contributed by atoms with Gasteiger partial charge in [-0.05, 0) is 37.9 Å². The Morgan fingerprint density at radius 3 is 3.09 bits per heavy atom. The van der Waals surface area contributed by atoms with E-state index >= 15 is 0 Å². The molecule has 0 radical (unpaired) electrons. The third-order valence-electron chi connectivity index (χ3n) is 4.23. The maximum absolute atomic E-state index is 10.4. The Morgan fingerprint density at radius 1 is 1.45 bits per heavy atom. The molecule has 22 heavy (non-hydrogen) atoms. The van der Waals surface area contributed by atoms with Crippen LogP contribution in [0.5, 0.6) is 0 Å². The van der Waals surface area contributed by atoms with E-state index in [0.29, 0.717) is 29.1 Å². The van der Waals surface area contributed by atoms with Gasteiger partial charge in [0.1, 0.15) is 21.9 Å². The molecule has 1 fully saturated rings. The number of furan rings is 1. The molecule has 0 unspecified atom stereocenters. The van der Waals surface area contributed by atoms with Gasteiger partial charge in [-0.2, -0.15) is 0 Å². The summed E-state index contributed by atoms with van der Waals surface area (Å²) in [5, 5.41) is 14.5. The second-order valence-electron chi connectivity index (χ2n) is 5.73. The normalized spacial score (nSPS) is 21.6. The van der Waals surface area contributed by atoms with Crippen LogP contribution >= 0.6 is 23.1 Å². The molecule has 5 nitrogen and oxygen atoms in total.